The van der Waals surface area contributed by atoms with Crippen molar-refractivity contribution in [1.29, 1.82) is 0 Å². The zero-order valence-corrected chi connectivity index (χ0v) is 10.8. The van der Waals surface area contributed by atoms with Crippen LogP contribution in [0.4, 0.5) is 0 Å². The second kappa shape index (κ2) is 9.08. The van der Waals surface area contributed by atoms with Crippen molar-refractivity contribution >= 4 is 11.8 Å². The summed E-state index contributed by atoms with van der Waals surface area (Å²) in [5.41, 5.74) is -0.905. The van der Waals surface area contributed by atoms with E-state index in [1.165, 1.54) is 19.3 Å². The summed E-state index contributed by atoms with van der Waals surface area (Å²) in [5.74, 6) is 7.35. The smallest absolute Gasteiger partial charge is 0.120 e. The summed E-state index contributed by atoms with van der Waals surface area (Å²) in [6.07, 6.45) is 3.82. The second-order valence-electron chi connectivity index (χ2n) is 3.94. The van der Waals surface area contributed by atoms with Crippen LogP contribution >= 0.6 is 11.8 Å². The number of rotatable bonds is 7. The summed E-state index contributed by atoms with van der Waals surface area (Å²) in [6, 6.07) is 0. The lowest BCUT2D eigenvalue weighted by molar-refractivity contribution is 0.143. The van der Waals surface area contributed by atoms with E-state index in [1.807, 2.05) is 0 Å². The Hall–Kier alpha value is -0.170. The van der Waals surface area contributed by atoms with Crippen molar-refractivity contribution in [2.45, 2.75) is 45.6 Å². The first-order valence-electron chi connectivity index (χ1n) is 5.44. The third-order valence-corrected chi connectivity index (χ3v) is 2.54. The Morgan fingerprint density at radius 3 is 2.67 bits per heavy atom. The van der Waals surface area contributed by atoms with Crippen LogP contribution in [-0.2, 0) is 4.74 Å². The molecule has 0 rings (SSSR count). The van der Waals surface area contributed by atoms with Crippen molar-refractivity contribution in [3.05, 3.63) is 0 Å². The third kappa shape index (κ3) is 13.8. The zero-order chi connectivity index (χ0) is 11.6. The predicted octanol–water partition coefficient (Wildman–Crippen LogP) is 2.66. The van der Waals surface area contributed by atoms with Crippen molar-refractivity contribution in [1.82, 2.24) is 0 Å². The monoisotopic (exact) mass is 230 g/mol. The maximum atomic E-state index is 9.28. The second-order valence-corrected chi connectivity index (χ2v) is 4.99. The van der Waals surface area contributed by atoms with Gasteiger partial charge in [0.05, 0.1) is 5.94 Å². The highest BCUT2D eigenvalue weighted by Gasteiger charge is 2.04. The summed E-state index contributed by atoms with van der Waals surface area (Å²) in [6.45, 7) is 5.94. The average molecular weight is 230 g/mol. The lowest BCUT2D eigenvalue weighted by Gasteiger charge is -2.06. The highest BCUT2D eigenvalue weighted by molar-refractivity contribution is 7.99. The molecule has 0 aromatic rings. The molecule has 0 aromatic carbocycles. The molecule has 0 spiro atoms. The van der Waals surface area contributed by atoms with E-state index in [4.69, 9.17) is 4.74 Å². The van der Waals surface area contributed by atoms with E-state index in [1.54, 1.807) is 25.6 Å². The molecule has 0 aromatic heterocycles. The first-order chi connectivity index (χ1) is 7.06. The Labute approximate surface area is 97.8 Å². The van der Waals surface area contributed by atoms with Crippen LogP contribution in [-0.4, -0.2) is 29.0 Å². The summed E-state index contributed by atoms with van der Waals surface area (Å²) in [4.78, 5) is 0. The molecule has 0 aliphatic heterocycles. The fourth-order valence-corrected chi connectivity index (χ4v) is 1.64. The minimum Gasteiger partial charge on any atom is -0.378 e. The fourth-order valence-electron chi connectivity index (χ4n) is 0.917. The quantitative estimate of drug-likeness (QED) is 0.414. The van der Waals surface area contributed by atoms with Crippen molar-refractivity contribution < 1.29 is 9.84 Å². The van der Waals surface area contributed by atoms with E-state index in [0.29, 0.717) is 12.5 Å². The van der Waals surface area contributed by atoms with Gasteiger partial charge in [-0.3, -0.25) is 0 Å². The summed E-state index contributed by atoms with van der Waals surface area (Å²) in [7, 11) is 0. The maximum absolute atomic E-state index is 9.28. The lowest BCUT2D eigenvalue weighted by atomic mass is 10.1. The summed E-state index contributed by atoms with van der Waals surface area (Å²) < 4.78 is 5.29. The molecular weight excluding hydrogens is 208 g/mol. The zero-order valence-electron chi connectivity index (χ0n) is 10.0. The van der Waals surface area contributed by atoms with Gasteiger partial charge in [-0.15, -0.1) is 11.8 Å². The molecule has 0 bridgehead atoms. The van der Waals surface area contributed by atoms with Gasteiger partial charge in [0.1, 0.15) is 12.2 Å². The first kappa shape index (κ1) is 14.8. The normalized spacial score (nSPS) is 10.9. The molecule has 3 heteroatoms. The van der Waals surface area contributed by atoms with Gasteiger partial charge in [0, 0.05) is 0 Å². The molecule has 0 aliphatic rings. The van der Waals surface area contributed by atoms with Crippen molar-refractivity contribution in [3.8, 4) is 11.8 Å². The average Bonchev–Trinajstić information content (AvgIpc) is 2.14. The molecule has 1 N–H and O–H groups in total. The van der Waals surface area contributed by atoms with Gasteiger partial charge in [0.15, 0.2) is 0 Å². The van der Waals surface area contributed by atoms with Crippen LogP contribution in [0.3, 0.4) is 0 Å². The number of unbranched alkanes of at least 4 members (excludes halogenated alkanes) is 2. The maximum Gasteiger partial charge on any atom is 0.120 e. The molecule has 0 heterocycles. The number of aliphatic hydroxyl groups is 1. The van der Waals surface area contributed by atoms with Gasteiger partial charge in [0.2, 0.25) is 0 Å². The number of ether oxygens (including phenoxy) is 1. The highest BCUT2D eigenvalue weighted by Crippen LogP contribution is 2.05. The van der Waals surface area contributed by atoms with Crippen LogP contribution < -0.4 is 0 Å². The molecular formula is C12H22O2S. The van der Waals surface area contributed by atoms with E-state index in [2.05, 4.69) is 18.8 Å². The third-order valence-electron chi connectivity index (χ3n) is 1.63. The topological polar surface area (TPSA) is 29.5 Å². The van der Waals surface area contributed by atoms with Gasteiger partial charge in [-0.2, -0.15) is 0 Å². The standard InChI is InChI=1S/C12H22O2S/c1-4-5-6-10-15-11-14-9-7-8-12(2,3)13/h13H,4-6,9-11H2,1-3H3. The molecule has 0 amide bonds. The van der Waals surface area contributed by atoms with Gasteiger partial charge < -0.3 is 9.84 Å². The molecule has 0 radical (unpaired) electrons. The molecule has 0 aliphatic carbocycles. The van der Waals surface area contributed by atoms with Crippen LogP contribution in [0.2, 0.25) is 0 Å². The van der Waals surface area contributed by atoms with Crippen LogP contribution in [0.25, 0.3) is 0 Å². The minimum atomic E-state index is -0.905. The van der Waals surface area contributed by atoms with Gasteiger partial charge in [-0.25, -0.2) is 0 Å². The molecule has 0 atom stereocenters. The highest BCUT2D eigenvalue weighted by atomic mass is 32.2. The van der Waals surface area contributed by atoms with E-state index in [9.17, 15) is 5.11 Å². The Kier molecular flexibility index (Phi) is 8.98. The number of hydrogen-bond acceptors (Lipinski definition) is 3. The number of hydrogen-bond donors (Lipinski definition) is 1. The van der Waals surface area contributed by atoms with E-state index in [-0.39, 0.29) is 0 Å². The molecule has 0 saturated carbocycles. The Balaban J connectivity index is 3.21. The van der Waals surface area contributed by atoms with Gasteiger partial charge in [-0.1, -0.05) is 31.6 Å². The summed E-state index contributed by atoms with van der Waals surface area (Å²) in [5, 5.41) is 9.28. The SMILES string of the molecule is CCCCCSCOCC#CC(C)(C)O. The predicted molar refractivity (Wildman–Crippen MR) is 66.9 cm³/mol. The molecule has 0 saturated heterocycles. The van der Waals surface area contributed by atoms with Gasteiger partial charge in [-0.05, 0) is 26.0 Å². The molecule has 0 unspecified atom stereocenters. The van der Waals surface area contributed by atoms with Crippen LogP contribution in [0, 0.1) is 11.8 Å². The van der Waals surface area contributed by atoms with E-state index >= 15 is 0 Å². The van der Waals surface area contributed by atoms with Gasteiger partial charge >= 0.3 is 0 Å². The minimum absolute atomic E-state index is 0.408. The van der Waals surface area contributed by atoms with Gasteiger partial charge in [0.25, 0.3) is 0 Å². The van der Waals surface area contributed by atoms with Crippen LogP contribution in [0.1, 0.15) is 40.0 Å². The molecule has 88 valence electrons. The van der Waals surface area contributed by atoms with Crippen molar-refractivity contribution in [3.63, 3.8) is 0 Å². The Morgan fingerprint density at radius 2 is 2.07 bits per heavy atom. The first-order valence-corrected chi connectivity index (χ1v) is 6.59. The number of thioether (sulfide) groups is 1. The van der Waals surface area contributed by atoms with Crippen molar-refractivity contribution in [2.75, 3.05) is 18.3 Å². The van der Waals surface area contributed by atoms with E-state index < -0.39 is 5.60 Å². The van der Waals surface area contributed by atoms with Crippen molar-refractivity contribution in [2.24, 2.45) is 0 Å². The lowest BCUT2D eigenvalue weighted by Crippen LogP contribution is -2.14. The van der Waals surface area contributed by atoms with E-state index in [0.717, 1.165) is 5.75 Å². The Morgan fingerprint density at radius 1 is 1.33 bits per heavy atom. The van der Waals surface area contributed by atoms with Crippen LogP contribution in [0.5, 0.6) is 0 Å². The largest absolute Gasteiger partial charge is 0.378 e. The molecule has 15 heavy (non-hydrogen) atoms. The fraction of sp³-hybridized carbons (Fsp3) is 0.833. The Bertz CT molecular complexity index is 198. The van der Waals surface area contributed by atoms with Crippen LogP contribution in [0.15, 0.2) is 0 Å². The molecule has 0 fully saturated rings. The summed E-state index contributed by atoms with van der Waals surface area (Å²) >= 11 is 1.80. The molecule has 2 nitrogen and oxygen atoms in total.